The van der Waals surface area contributed by atoms with Gasteiger partial charge in [-0.05, 0) is 64.4 Å². The van der Waals surface area contributed by atoms with E-state index in [-0.39, 0.29) is 22.9 Å². The average molecular weight is 340 g/mol. The minimum Gasteiger partial charge on any atom is -0.506 e. The van der Waals surface area contributed by atoms with Gasteiger partial charge in [-0.25, -0.2) is 0 Å². The van der Waals surface area contributed by atoms with Crippen LogP contribution in [0.3, 0.4) is 0 Å². The van der Waals surface area contributed by atoms with E-state index < -0.39 is 0 Å². The lowest BCUT2D eigenvalue weighted by molar-refractivity contribution is -0.118. The van der Waals surface area contributed by atoms with Crippen LogP contribution in [0.15, 0.2) is 16.6 Å². The van der Waals surface area contributed by atoms with Crippen LogP contribution in [0.5, 0.6) is 5.75 Å². The molecular weight excluding hydrogens is 328 g/mol. The van der Waals surface area contributed by atoms with Crippen molar-refractivity contribution >= 4 is 38.9 Å². The molecule has 19 heavy (non-hydrogen) atoms. The number of allylic oxidation sites excluding steroid dienone is 2. The highest BCUT2D eigenvalue weighted by molar-refractivity contribution is 9.12. The van der Waals surface area contributed by atoms with Crippen LogP contribution < -0.4 is 0 Å². The molecule has 0 unspecified atom stereocenters. The number of phenolic OH excluding ortho intramolecular Hbond substituents is 1. The summed E-state index contributed by atoms with van der Waals surface area (Å²) < 4.78 is 0.738. The first-order valence-corrected chi connectivity index (χ1v) is 7.66. The quantitative estimate of drug-likeness (QED) is 0.773. The highest BCUT2D eigenvalue weighted by atomic mass is 79.9. The molecule has 1 spiro atoms. The Kier molecular flexibility index (Phi) is 2.30. The van der Waals surface area contributed by atoms with Gasteiger partial charge in [0.15, 0.2) is 5.78 Å². The highest BCUT2D eigenvalue weighted by Crippen LogP contribution is 2.64. The van der Waals surface area contributed by atoms with Gasteiger partial charge in [-0.1, -0.05) is 17.7 Å². The van der Waals surface area contributed by atoms with Crippen LogP contribution in [0.2, 0.25) is 5.02 Å². The maximum Gasteiger partial charge on any atom is 0.173 e. The second kappa shape index (κ2) is 3.64. The zero-order chi connectivity index (χ0) is 13.4. The predicted molar refractivity (Wildman–Crippen MR) is 77.4 cm³/mol. The van der Waals surface area contributed by atoms with Gasteiger partial charge < -0.3 is 5.11 Å². The molecule has 4 rings (SSSR count). The van der Waals surface area contributed by atoms with Gasteiger partial charge in [0.2, 0.25) is 0 Å². The largest absolute Gasteiger partial charge is 0.506 e. The molecule has 1 N–H and O–H groups in total. The maximum absolute atomic E-state index is 12.3. The number of rotatable bonds is 0. The summed E-state index contributed by atoms with van der Waals surface area (Å²) in [6, 6.07) is 3.52. The number of benzene rings is 1. The van der Waals surface area contributed by atoms with E-state index in [1.165, 1.54) is 0 Å². The van der Waals surface area contributed by atoms with Crippen molar-refractivity contribution in [3.63, 3.8) is 0 Å². The Bertz CT molecular complexity index is 664. The van der Waals surface area contributed by atoms with E-state index in [2.05, 4.69) is 15.9 Å². The van der Waals surface area contributed by atoms with Crippen molar-refractivity contribution in [3.05, 3.63) is 32.8 Å². The summed E-state index contributed by atoms with van der Waals surface area (Å²) in [5.74, 6) is 0.535. The molecule has 2 atom stereocenters. The van der Waals surface area contributed by atoms with E-state index in [0.717, 1.165) is 46.9 Å². The molecule has 1 aromatic rings. The predicted octanol–water partition coefficient (Wildman–Crippen LogP) is 4.08. The molecule has 2 nitrogen and oxygen atoms in total. The van der Waals surface area contributed by atoms with Gasteiger partial charge in [0.25, 0.3) is 0 Å². The van der Waals surface area contributed by atoms with E-state index in [1.54, 1.807) is 6.07 Å². The Balaban J connectivity index is 2.03. The van der Waals surface area contributed by atoms with Gasteiger partial charge in [0, 0.05) is 11.3 Å². The zero-order valence-electron chi connectivity index (χ0n) is 10.2. The molecule has 1 saturated carbocycles. The van der Waals surface area contributed by atoms with Gasteiger partial charge in [0.1, 0.15) is 5.75 Å². The van der Waals surface area contributed by atoms with Gasteiger partial charge in [-0.2, -0.15) is 0 Å². The third-order valence-corrected chi connectivity index (χ3v) is 6.16. The molecule has 0 amide bonds. The molecule has 4 heteroatoms. The molecule has 0 heterocycles. The number of halogens is 2. The van der Waals surface area contributed by atoms with Crippen LogP contribution in [0.1, 0.15) is 30.4 Å². The molecule has 2 bridgehead atoms. The second-order valence-corrected chi connectivity index (χ2v) is 7.05. The van der Waals surface area contributed by atoms with E-state index in [0.29, 0.717) is 5.02 Å². The normalized spacial score (nSPS) is 31.7. The Morgan fingerprint density at radius 1 is 1.42 bits per heavy atom. The van der Waals surface area contributed by atoms with Gasteiger partial charge in [-0.3, -0.25) is 4.79 Å². The third kappa shape index (κ3) is 1.35. The number of aromatic hydroxyl groups is 1. The summed E-state index contributed by atoms with van der Waals surface area (Å²) in [5.41, 5.74) is 3.24. The lowest BCUT2D eigenvalue weighted by Gasteiger charge is -2.30. The van der Waals surface area contributed by atoms with E-state index in [9.17, 15) is 9.90 Å². The summed E-state index contributed by atoms with van der Waals surface area (Å²) >= 11 is 9.76. The van der Waals surface area contributed by atoms with Crippen molar-refractivity contribution in [3.8, 4) is 5.75 Å². The van der Waals surface area contributed by atoms with Crippen LogP contribution in [0.4, 0.5) is 0 Å². The fourth-order valence-electron chi connectivity index (χ4n) is 4.12. The summed E-state index contributed by atoms with van der Waals surface area (Å²) in [5, 5.41) is 10.2. The Morgan fingerprint density at radius 2 is 2.21 bits per heavy atom. The Labute approximate surface area is 124 Å². The molecule has 1 aromatic carbocycles. The highest BCUT2D eigenvalue weighted by Gasteiger charge is 2.54. The Hall–Kier alpha value is -0.800. The maximum atomic E-state index is 12.3. The molecular formula is C15H12BrClO2. The molecule has 0 radical (unpaired) electrons. The van der Waals surface area contributed by atoms with Crippen molar-refractivity contribution < 1.29 is 9.90 Å². The Morgan fingerprint density at radius 3 is 3.00 bits per heavy atom. The van der Waals surface area contributed by atoms with Crippen LogP contribution in [0, 0.1) is 11.3 Å². The molecule has 98 valence electrons. The van der Waals surface area contributed by atoms with E-state index in [4.69, 9.17) is 11.6 Å². The lowest BCUT2D eigenvalue weighted by Crippen LogP contribution is -2.25. The van der Waals surface area contributed by atoms with Crippen molar-refractivity contribution in [2.45, 2.75) is 25.7 Å². The molecule has 0 aliphatic heterocycles. The lowest BCUT2D eigenvalue weighted by atomic mass is 9.74. The summed E-state index contributed by atoms with van der Waals surface area (Å²) in [4.78, 5) is 12.3. The van der Waals surface area contributed by atoms with Crippen LogP contribution in [0.25, 0.3) is 5.57 Å². The summed E-state index contributed by atoms with van der Waals surface area (Å²) in [6.45, 7) is 0. The molecule has 3 aliphatic carbocycles. The fourth-order valence-corrected chi connectivity index (χ4v) is 5.31. The molecule has 0 aromatic heterocycles. The van der Waals surface area contributed by atoms with Gasteiger partial charge in [0.05, 0.1) is 9.51 Å². The first-order chi connectivity index (χ1) is 9.03. The number of fused-ring (bicyclic) bond motifs is 3. The topological polar surface area (TPSA) is 37.3 Å². The summed E-state index contributed by atoms with van der Waals surface area (Å²) in [6.07, 6.45) is 3.79. The number of phenols is 1. The first-order valence-electron chi connectivity index (χ1n) is 6.49. The van der Waals surface area contributed by atoms with Crippen LogP contribution >= 0.6 is 27.5 Å². The molecule has 1 fully saturated rings. The van der Waals surface area contributed by atoms with Crippen LogP contribution in [-0.2, 0) is 11.2 Å². The first kappa shape index (κ1) is 12.0. The van der Waals surface area contributed by atoms with Crippen molar-refractivity contribution in [2.24, 2.45) is 11.3 Å². The van der Waals surface area contributed by atoms with Crippen molar-refractivity contribution in [2.75, 3.05) is 0 Å². The number of ketones is 1. The minimum atomic E-state index is 0.0666. The van der Waals surface area contributed by atoms with E-state index in [1.807, 2.05) is 6.07 Å². The van der Waals surface area contributed by atoms with Crippen LogP contribution in [-0.4, -0.2) is 10.9 Å². The van der Waals surface area contributed by atoms with Crippen molar-refractivity contribution in [1.82, 2.24) is 0 Å². The van der Waals surface area contributed by atoms with Gasteiger partial charge >= 0.3 is 0 Å². The monoisotopic (exact) mass is 338 g/mol. The van der Waals surface area contributed by atoms with E-state index >= 15 is 0 Å². The number of hydrogen-bond donors (Lipinski definition) is 1. The number of carbonyl (C=O) groups is 1. The van der Waals surface area contributed by atoms with Gasteiger partial charge in [-0.15, -0.1) is 0 Å². The average Bonchev–Trinajstić information content (AvgIpc) is 2.93. The molecule has 0 saturated heterocycles. The second-order valence-electron chi connectivity index (χ2n) is 5.87. The minimum absolute atomic E-state index is 0.0666. The number of carbonyl (C=O) groups excluding carboxylic acids is 1. The van der Waals surface area contributed by atoms with Crippen molar-refractivity contribution in [1.29, 1.82) is 0 Å². The molecule has 3 aliphatic rings. The SMILES string of the molecule is O=C1C(Br)=C2c3ccc(O)c(Cl)c3C[C@@]23CC[C@@H]1C3. The smallest absolute Gasteiger partial charge is 0.173 e. The number of hydrogen-bond acceptors (Lipinski definition) is 2. The zero-order valence-corrected chi connectivity index (χ0v) is 12.5. The third-order valence-electron chi connectivity index (χ3n) is 4.95. The fraction of sp³-hybridized carbons (Fsp3) is 0.400. The summed E-state index contributed by atoms with van der Waals surface area (Å²) in [7, 11) is 0. The standard InChI is InChI=1S/C15H12BrClO2/c16-12-11-8-1-2-10(18)13(17)9(8)6-15(11)4-3-7(5-15)14(12)19/h1-2,7,18H,3-6H2/t7-,15+/m1/s1. The number of Topliss-reactive ketones (excluding diaryl/α,β-unsaturated/α-hetero) is 1.